The van der Waals surface area contributed by atoms with Gasteiger partial charge in [0.2, 0.25) is 0 Å². The highest BCUT2D eigenvalue weighted by atomic mass is 16.5. The maximum Gasteiger partial charge on any atom is 0.0684 e. The van der Waals surface area contributed by atoms with Crippen LogP contribution in [0.5, 0.6) is 0 Å². The molecule has 5 unspecified atom stereocenters. The maximum atomic E-state index is 5.99. The lowest BCUT2D eigenvalue weighted by molar-refractivity contribution is -0.195. The largest absolute Gasteiger partial charge is 0.377 e. The van der Waals surface area contributed by atoms with E-state index in [0.29, 0.717) is 17.6 Å². The van der Waals surface area contributed by atoms with E-state index in [1.165, 1.54) is 38.5 Å². The average molecular weight is 251 g/mol. The minimum atomic E-state index is 0.339. The van der Waals surface area contributed by atoms with Crippen molar-refractivity contribution in [2.75, 3.05) is 6.61 Å². The van der Waals surface area contributed by atoms with Crippen LogP contribution in [-0.4, -0.2) is 24.8 Å². The van der Waals surface area contributed by atoms with Crippen LogP contribution in [0.15, 0.2) is 0 Å². The van der Waals surface area contributed by atoms with Gasteiger partial charge in [0.05, 0.1) is 6.10 Å². The van der Waals surface area contributed by atoms with Gasteiger partial charge < -0.3 is 10.1 Å². The van der Waals surface area contributed by atoms with Crippen LogP contribution in [0.2, 0.25) is 0 Å². The van der Waals surface area contributed by atoms with Crippen LogP contribution >= 0.6 is 0 Å². The number of fused-ring (bicyclic) bond motifs is 1. The summed E-state index contributed by atoms with van der Waals surface area (Å²) in [4.78, 5) is 0. The second kappa shape index (κ2) is 4.79. The lowest BCUT2D eigenvalue weighted by Crippen LogP contribution is -2.70. The van der Waals surface area contributed by atoms with Gasteiger partial charge >= 0.3 is 0 Å². The third-order valence-electron chi connectivity index (χ3n) is 5.68. The van der Waals surface area contributed by atoms with Crippen LogP contribution in [0.4, 0.5) is 0 Å². The molecule has 3 rings (SSSR count). The first-order valence-corrected chi connectivity index (χ1v) is 7.96. The molecular formula is C16H29NO. The van der Waals surface area contributed by atoms with Crippen molar-refractivity contribution in [2.45, 2.75) is 77.5 Å². The standard InChI is InChI=1S/C16H29NO/c1-11-6-4-7-12(10-11)17-14-13-8-5-9-18-15(13)16(14,2)3/h11-15,17H,4-10H2,1-3H3. The van der Waals surface area contributed by atoms with Gasteiger partial charge in [-0.25, -0.2) is 0 Å². The van der Waals surface area contributed by atoms with Crippen LogP contribution in [0.1, 0.15) is 59.3 Å². The number of nitrogens with one attached hydrogen (secondary N) is 1. The van der Waals surface area contributed by atoms with E-state index in [0.717, 1.165) is 24.5 Å². The lowest BCUT2D eigenvalue weighted by atomic mass is 9.55. The van der Waals surface area contributed by atoms with E-state index in [2.05, 4.69) is 26.1 Å². The molecule has 0 bridgehead atoms. The van der Waals surface area contributed by atoms with Crippen LogP contribution < -0.4 is 5.32 Å². The molecule has 0 aromatic heterocycles. The topological polar surface area (TPSA) is 21.3 Å². The van der Waals surface area contributed by atoms with E-state index in [1.807, 2.05) is 0 Å². The molecule has 2 saturated carbocycles. The van der Waals surface area contributed by atoms with Crippen molar-refractivity contribution in [1.29, 1.82) is 0 Å². The van der Waals surface area contributed by atoms with Gasteiger partial charge in [0.25, 0.3) is 0 Å². The van der Waals surface area contributed by atoms with Crippen molar-refractivity contribution in [2.24, 2.45) is 17.3 Å². The van der Waals surface area contributed by atoms with Gasteiger partial charge in [-0.2, -0.15) is 0 Å². The van der Waals surface area contributed by atoms with Crippen LogP contribution in [0, 0.1) is 17.3 Å². The predicted molar refractivity (Wildman–Crippen MR) is 74.6 cm³/mol. The fourth-order valence-electron chi connectivity index (χ4n) is 4.70. The van der Waals surface area contributed by atoms with Gasteiger partial charge in [0.1, 0.15) is 0 Å². The molecule has 3 aliphatic rings. The Morgan fingerprint density at radius 3 is 2.72 bits per heavy atom. The zero-order valence-electron chi connectivity index (χ0n) is 12.2. The summed E-state index contributed by atoms with van der Waals surface area (Å²) in [6.45, 7) is 8.18. The minimum Gasteiger partial charge on any atom is -0.377 e. The zero-order valence-corrected chi connectivity index (χ0v) is 12.2. The Morgan fingerprint density at radius 1 is 1.11 bits per heavy atom. The number of rotatable bonds is 2. The second-order valence-electron chi connectivity index (χ2n) is 7.53. The highest BCUT2D eigenvalue weighted by Gasteiger charge is 2.58. The molecule has 3 fully saturated rings. The summed E-state index contributed by atoms with van der Waals surface area (Å²) in [6.07, 6.45) is 8.76. The van der Waals surface area contributed by atoms with Crippen molar-refractivity contribution in [3.63, 3.8) is 0 Å². The van der Waals surface area contributed by atoms with E-state index in [9.17, 15) is 0 Å². The molecule has 18 heavy (non-hydrogen) atoms. The normalized spacial score (nSPS) is 47.2. The average Bonchev–Trinajstić information content (AvgIpc) is 2.36. The molecule has 0 radical (unpaired) electrons. The predicted octanol–water partition coefficient (Wildman–Crippen LogP) is 3.36. The Balaban J connectivity index is 1.61. The van der Waals surface area contributed by atoms with Gasteiger partial charge in [-0.15, -0.1) is 0 Å². The van der Waals surface area contributed by atoms with Gasteiger partial charge in [0.15, 0.2) is 0 Å². The number of ether oxygens (including phenoxy) is 1. The summed E-state index contributed by atoms with van der Waals surface area (Å²) >= 11 is 0. The minimum absolute atomic E-state index is 0.339. The Bertz CT molecular complexity index is 301. The first-order chi connectivity index (χ1) is 8.59. The van der Waals surface area contributed by atoms with Crippen LogP contribution in [-0.2, 0) is 4.74 Å². The molecule has 0 aromatic carbocycles. The molecule has 1 aliphatic heterocycles. The van der Waals surface area contributed by atoms with Gasteiger partial charge in [-0.3, -0.25) is 0 Å². The molecule has 2 aliphatic carbocycles. The maximum absolute atomic E-state index is 5.99. The van der Waals surface area contributed by atoms with E-state index in [1.54, 1.807) is 0 Å². The molecule has 104 valence electrons. The summed E-state index contributed by atoms with van der Waals surface area (Å²) in [6, 6.07) is 1.46. The van der Waals surface area contributed by atoms with Gasteiger partial charge in [0, 0.05) is 30.0 Å². The summed E-state index contributed by atoms with van der Waals surface area (Å²) in [5, 5.41) is 4.00. The van der Waals surface area contributed by atoms with E-state index in [-0.39, 0.29) is 0 Å². The van der Waals surface area contributed by atoms with Crippen LogP contribution in [0.25, 0.3) is 0 Å². The smallest absolute Gasteiger partial charge is 0.0684 e. The Hall–Kier alpha value is -0.0800. The molecule has 2 heteroatoms. The fourth-order valence-corrected chi connectivity index (χ4v) is 4.70. The first kappa shape index (κ1) is 12.9. The van der Waals surface area contributed by atoms with E-state index in [4.69, 9.17) is 4.74 Å². The molecule has 0 aromatic rings. The molecule has 1 saturated heterocycles. The second-order valence-corrected chi connectivity index (χ2v) is 7.53. The quantitative estimate of drug-likeness (QED) is 0.812. The lowest BCUT2D eigenvalue weighted by Gasteiger charge is -2.61. The summed E-state index contributed by atoms with van der Waals surface area (Å²) in [5.41, 5.74) is 0.339. The van der Waals surface area contributed by atoms with Crippen molar-refractivity contribution < 1.29 is 4.74 Å². The Kier molecular flexibility index (Phi) is 3.44. The molecule has 2 nitrogen and oxygen atoms in total. The summed E-state index contributed by atoms with van der Waals surface area (Å²) in [5.74, 6) is 1.70. The Labute approximate surface area is 112 Å². The highest BCUT2D eigenvalue weighted by molar-refractivity contribution is 5.11. The fraction of sp³-hybridized carbons (Fsp3) is 1.00. The molecule has 1 N–H and O–H groups in total. The number of hydrogen-bond acceptors (Lipinski definition) is 2. The monoisotopic (exact) mass is 251 g/mol. The molecule has 5 atom stereocenters. The van der Waals surface area contributed by atoms with Gasteiger partial charge in [-0.1, -0.05) is 33.6 Å². The van der Waals surface area contributed by atoms with Crippen molar-refractivity contribution in [3.05, 3.63) is 0 Å². The van der Waals surface area contributed by atoms with E-state index < -0.39 is 0 Å². The molecule has 1 heterocycles. The first-order valence-electron chi connectivity index (χ1n) is 7.96. The Morgan fingerprint density at radius 2 is 1.94 bits per heavy atom. The molecular weight excluding hydrogens is 222 g/mol. The van der Waals surface area contributed by atoms with Crippen molar-refractivity contribution in [3.8, 4) is 0 Å². The van der Waals surface area contributed by atoms with Crippen molar-refractivity contribution >= 4 is 0 Å². The van der Waals surface area contributed by atoms with Crippen LogP contribution in [0.3, 0.4) is 0 Å². The summed E-state index contributed by atoms with van der Waals surface area (Å²) < 4.78 is 5.99. The van der Waals surface area contributed by atoms with Gasteiger partial charge in [-0.05, 0) is 31.6 Å². The SMILES string of the molecule is CC1CCCC(NC2C3CCCOC3C2(C)C)C1. The third-order valence-corrected chi connectivity index (χ3v) is 5.68. The summed E-state index contributed by atoms with van der Waals surface area (Å²) in [7, 11) is 0. The molecule has 0 amide bonds. The van der Waals surface area contributed by atoms with E-state index >= 15 is 0 Å². The third kappa shape index (κ3) is 2.12. The zero-order chi connectivity index (χ0) is 12.8. The van der Waals surface area contributed by atoms with Crippen molar-refractivity contribution in [1.82, 2.24) is 5.32 Å². The molecule has 0 spiro atoms. The number of hydrogen-bond donors (Lipinski definition) is 1. The highest BCUT2D eigenvalue weighted by Crippen LogP contribution is 2.51.